The molecule has 2 N–H and O–H groups in total. The molecule has 1 saturated heterocycles. The summed E-state index contributed by atoms with van der Waals surface area (Å²) in [6, 6.07) is 11.1. The summed E-state index contributed by atoms with van der Waals surface area (Å²) in [5, 5.41) is 12.7. The molecular weight excluding hydrogens is 431 g/mol. The lowest BCUT2D eigenvalue weighted by Crippen LogP contribution is -2.42. The van der Waals surface area contributed by atoms with Crippen LogP contribution in [-0.2, 0) is 29.4 Å². The van der Waals surface area contributed by atoms with Crippen molar-refractivity contribution in [2.45, 2.75) is 24.2 Å². The second-order valence-electron chi connectivity index (χ2n) is 7.48. The average Bonchev–Trinajstić information content (AvgIpc) is 3.13. The van der Waals surface area contributed by atoms with Crippen LogP contribution in [0.3, 0.4) is 0 Å². The van der Waals surface area contributed by atoms with Gasteiger partial charge in [-0.15, -0.1) is 0 Å². The van der Waals surface area contributed by atoms with Gasteiger partial charge in [-0.2, -0.15) is 13.2 Å². The van der Waals surface area contributed by atoms with Crippen LogP contribution in [0.5, 0.6) is 0 Å². The topological polar surface area (TPSA) is 74.6 Å². The Hall–Kier alpha value is -2.40. The Morgan fingerprint density at radius 3 is 2.32 bits per heavy atom. The first-order chi connectivity index (χ1) is 14.7. The molecule has 0 bridgehead atoms. The molecule has 0 amide bonds. The molecule has 6 nitrogen and oxygen atoms in total. The molecule has 0 spiro atoms. The van der Waals surface area contributed by atoms with Crippen LogP contribution in [0, 0.1) is 0 Å². The Morgan fingerprint density at radius 1 is 1.03 bits per heavy atom. The van der Waals surface area contributed by atoms with Gasteiger partial charge in [0.1, 0.15) is 0 Å². The molecule has 0 radical (unpaired) electrons. The molecule has 10 heteroatoms. The molecule has 0 aliphatic carbocycles. The van der Waals surface area contributed by atoms with Gasteiger partial charge in [0.15, 0.2) is 0 Å². The van der Waals surface area contributed by atoms with Gasteiger partial charge in [-0.3, -0.25) is 4.90 Å². The highest BCUT2D eigenvalue weighted by atomic mass is 32.2. The Balaban J connectivity index is 1.94. The molecule has 1 aliphatic rings. The smallest absolute Gasteiger partial charge is 0.390 e. The normalized spacial score (nSPS) is 16.1. The van der Waals surface area contributed by atoms with Crippen LogP contribution >= 0.6 is 0 Å². The number of hydrogen-bond donors (Lipinski definition) is 2. The highest BCUT2D eigenvalue weighted by Gasteiger charge is 2.35. The minimum absolute atomic E-state index is 0.0664. The van der Waals surface area contributed by atoms with Crippen molar-refractivity contribution in [1.29, 1.82) is 0 Å². The van der Waals surface area contributed by atoms with Gasteiger partial charge in [-0.25, -0.2) is 12.4 Å². The van der Waals surface area contributed by atoms with E-state index in [4.69, 9.17) is 0 Å². The molecule has 1 fully saturated rings. The minimum atomic E-state index is -4.67. The third kappa shape index (κ3) is 4.20. The zero-order valence-corrected chi connectivity index (χ0v) is 17.4. The summed E-state index contributed by atoms with van der Waals surface area (Å²) in [4.78, 5) is 1.95. The van der Waals surface area contributed by atoms with E-state index in [0.717, 1.165) is 29.2 Å². The van der Waals surface area contributed by atoms with Crippen LogP contribution in [-0.4, -0.2) is 48.6 Å². The molecule has 0 saturated carbocycles. The monoisotopic (exact) mass is 453 g/mol. The van der Waals surface area contributed by atoms with E-state index in [1.807, 2.05) is 4.90 Å². The van der Waals surface area contributed by atoms with Crippen molar-refractivity contribution in [2.24, 2.45) is 0 Å². The molecule has 1 aromatic heterocycles. The van der Waals surface area contributed by atoms with Crippen LogP contribution in [0.1, 0.15) is 16.8 Å². The van der Waals surface area contributed by atoms with Crippen molar-refractivity contribution in [2.75, 3.05) is 26.2 Å². The Bertz CT molecular complexity index is 1190. The molecule has 2 aromatic carbocycles. The zero-order valence-electron chi connectivity index (χ0n) is 16.6. The van der Waals surface area contributed by atoms with E-state index in [9.17, 15) is 26.7 Å². The maximum atomic E-state index is 13.9. The van der Waals surface area contributed by atoms with Gasteiger partial charge in [-0.1, -0.05) is 18.2 Å². The molecular formula is C21H22F3N3O3S. The summed E-state index contributed by atoms with van der Waals surface area (Å²) in [5.74, 6) is 0. The van der Waals surface area contributed by atoms with Gasteiger partial charge in [0.05, 0.1) is 28.3 Å². The predicted octanol–water partition coefficient (Wildman–Crippen LogP) is 2.79. The highest BCUT2D eigenvalue weighted by Crippen LogP contribution is 2.38. The SMILES string of the molecule is O=S(=O)(c1ccccc1)n1c(CO)cc2c(C(F)(F)F)cc(CN3CCNCC3)cc21. The lowest BCUT2D eigenvalue weighted by atomic mass is 10.0. The van der Waals surface area contributed by atoms with Crippen molar-refractivity contribution < 1.29 is 26.7 Å². The fourth-order valence-corrected chi connectivity index (χ4v) is 5.48. The zero-order chi connectivity index (χ0) is 22.2. The maximum Gasteiger partial charge on any atom is 0.417 e. The predicted molar refractivity (Wildman–Crippen MR) is 110 cm³/mol. The van der Waals surface area contributed by atoms with Gasteiger partial charge in [0.25, 0.3) is 10.0 Å². The third-order valence-electron chi connectivity index (χ3n) is 5.37. The number of aliphatic hydroxyl groups is 1. The van der Waals surface area contributed by atoms with Gasteiger partial charge in [-0.05, 0) is 35.9 Å². The molecule has 1 aliphatic heterocycles. The van der Waals surface area contributed by atoms with E-state index in [2.05, 4.69) is 5.32 Å². The van der Waals surface area contributed by atoms with Crippen molar-refractivity contribution in [3.63, 3.8) is 0 Å². The molecule has 31 heavy (non-hydrogen) atoms. The van der Waals surface area contributed by atoms with E-state index >= 15 is 0 Å². The molecule has 3 aromatic rings. The number of nitrogens with one attached hydrogen (secondary N) is 1. The Kier molecular flexibility index (Phi) is 5.82. The van der Waals surface area contributed by atoms with Crippen molar-refractivity contribution >= 4 is 20.9 Å². The van der Waals surface area contributed by atoms with Crippen LogP contribution in [0.15, 0.2) is 53.4 Å². The second-order valence-corrected chi connectivity index (χ2v) is 9.26. The first kappa shape index (κ1) is 21.8. The number of fused-ring (bicyclic) bond motifs is 1. The minimum Gasteiger partial charge on any atom is -0.390 e. The first-order valence-corrected chi connectivity index (χ1v) is 11.2. The number of aliphatic hydroxyl groups excluding tert-OH is 1. The van der Waals surface area contributed by atoms with Crippen LogP contribution in [0.2, 0.25) is 0 Å². The van der Waals surface area contributed by atoms with Crippen LogP contribution in [0.4, 0.5) is 13.2 Å². The van der Waals surface area contributed by atoms with Crippen LogP contribution in [0.25, 0.3) is 10.9 Å². The molecule has 2 heterocycles. The number of benzene rings is 2. The van der Waals surface area contributed by atoms with Crippen molar-refractivity contribution in [1.82, 2.24) is 14.2 Å². The number of alkyl halides is 3. The maximum absolute atomic E-state index is 13.9. The number of rotatable bonds is 5. The highest BCUT2D eigenvalue weighted by molar-refractivity contribution is 7.90. The van der Waals surface area contributed by atoms with E-state index in [-0.39, 0.29) is 28.0 Å². The summed E-state index contributed by atoms with van der Waals surface area (Å²) in [5.41, 5.74) is -0.753. The van der Waals surface area contributed by atoms with Crippen molar-refractivity contribution in [3.05, 3.63) is 65.4 Å². The Labute approximate surface area is 177 Å². The molecule has 0 unspecified atom stereocenters. The fourth-order valence-electron chi connectivity index (χ4n) is 3.94. The first-order valence-electron chi connectivity index (χ1n) is 9.81. The standard InChI is InChI=1S/C21H22F3N3O3S/c22-21(23,24)19-10-15(13-26-8-6-25-7-9-26)11-20-18(19)12-16(14-28)27(20)31(29,30)17-4-2-1-3-5-17/h1-5,10-12,25,28H,6-9,13-14H2. The fraction of sp³-hybridized carbons (Fsp3) is 0.333. The third-order valence-corrected chi connectivity index (χ3v) is 7.15. The lowest BCUT2D eigenvalue weighted by Gasteiger charge is -2.27. The van der Waals surface area contributed by atoms with E-state index in [1.165, 1.54) is 30.3 Å². The molecule has 166 valence electrons. The van der Waals surface area contributed by atoms with E-state index < -0.39 is 28.4 Å². The van der Waals surface area contributed by atoms with Gasteiger partial charge >= 0.3 is 6.18 Å². The number of hydrogen-bond acceptors (Lipinski definition) is 5. The summed E-state index contributed by atoms with van der Waals surface area (Å²) < 4.78 is 69.1. The van der Waals surface area contributed by atoms with Gasteiger partial charge in [0.2, 0.25) is 0 Å². The van der Waals surface area contributed by atoms with E-state index in [0.29, 0.717) is 18.7 Å². The van der Waals surface area contributed by atoms with E-state index in [1.54, 1.807) is 6.07 Å². The summed E-state index contributed by atoms with van der Waals surface area (Å²) in [6.45, 7) is 2.40. The summed E-state index contributed by atoms with van der Waals surface area (Å²) in [7, 11) is -4.21. The molecule has 4 rings (SSSR count). The van der Waals surface area contributed by atoms with Gasteiger partial charge < -0.3 is 10.4 Å². The Morgan fingerprint density at radius 2 is 1.71 bits per heavy atom. The number of aromatic nitrogens is 1. The average molecular weight is 453 g/mol. The lowest BCUT2D eigenvalue weighted by molar-refractivity contribution is -0.136. The number of piperazine rings is 1. The second kappa shape index (κ2) is 8.27. The largest absolute Gasteiger partial charge is 0.417 e. The van der Waals surface area contributed by atoms with Crippen molar-refractivity contribution in [3.8, 4) is 0 Å². The van der Waals surface area contributed by atoms with Gasteiger partial charge in [0, 0.05) is 38.1 Å². The number of nitrogens with zero attached hydrogens (tertiary/aromatic N) is 2. The number of halogens is 3. The van der Waals surface area contributed by atoms with Crippen LogP contribution < -0.4 is 5.32 Å². The molecule has 0 atom stereocenters. The quantitative estimate of drug-likeness (QED) is 0.622. The summed E-state index contributed by atoms with van der Waals surface area (Å²) in [6.07, 6.45) is -4.67. The summed E-state index contributed by atoms with van der Waals surface area (Å²) >= 11 is 0.